The Kier molecular flexibility index (Phi) is 5.92. The summed E-state index contributed by atoms with van der Waals surface area (Å²) in [5.41, 5.74) is 1.39. The first-order valence-electron chi connectivity index (χ1n) is 9.94. The van der Waals surface area contributed by atoms with Crippen LogP contribution in [0.4, 0.5) is 4.79 Å². The first-order valence-corrected chi connectivity index (χ1v) is 12.5. The minimum atomic E-state index is -0.383. The minimum Gasteiger partial charge on any atom is -0.454 e. The van der Waals surface area contributed by atoms with Gasteiger partial charge >= 0.3 is 0 Å². The number of hydrogen-bond donors (Lipinski definition) is 1. The number of thiophene rings is 1. The van der Waals surface area contributed by atoms with Gasteiger partial charge in [-0.15, -0.1) is 22.7 Å². The van der Waals surface area contributed by atoms with E-state index in [1.807, 2.05) is 17.5 Å². The van der Waals surface area contributed by atoms with E-state index < -0.39 is 0 Å². The molecule has 0 spiro atoms. The van der Waals surface area contributed by atoms with Gasteiger partial charge in [0, 0.05) is 13.1 Å². The molecule has 0 radical (unpaired) electrons. The highest BCUT2D eigenvalue weighted by atomic mass is 32.2. The van der Waals surface area contributed by atoms with Crippen molar-refractivity contribution >= 4 is 57.6 Å². The molecule has 33 heavy (non-hydrogen) atoms. The lowest BCUT2D eigenvalue weighted by Crippen LogP contribution is -2.37. The molecule has 2 aliphatic heterocycles. The van der Waals surface area contributed by atoms with E-state index >= 15 is 0 Å². The summed E-state index contributed by atoms with van der Waals surface area (Å²) >= 11 is 3.77. The monoisotopic (exact) mass is 499 g/mol. The van der Waals surface area contributed by atoms with E-state index in [1.54, 1.807) is 42.5 Å². The van der Waals surface area contributed by atoms with Crippen molar-refractivity contribution in [2.45, 2.75) is 6.92 Å². The third kappa shape index (κ3) is 4.39. The summed E-state index contributed by atoms with van der Waals surface area (Å²) in [6, 6.07) is 9.22. The molecule has 3 aromatic rings. The van der Waals surface area contributed by atoms with Crippen LogP contribution in [0.3, 0.4) is 0 Å². The van der Waals surface area contributed by atoms with Gasteiger partial charge in [0.2, 0.25) is 6.79 Å². The molecule has 0 atom stereocenters. The maximum absolute atomic E-state index is 12.7. The van der Waals surface area contributed by atoms with Gasteiger partial charge in [0.15, 0.2) is 11.5 Å². The molecular formula is C22H17N3O5S3. The van der Waals surface area contributed by atoms with E-state index in [-0.39, 0.29) is 36.9 Å². The fourth-order valence-electron chi connectivity index (χ4n) is 3.32. The van der Waals surface area contributed by atoms with Gasteiger partial charge in [-0.1, -0.05) is 12.1 Å². The van der Waals surface area contributed by atoms with E-state index in [0.29, 0.717) is 27.0 Å². The second kappa shape index (κ2) is 9.00. The average Bonchev–Trinajstić information content (AvgIpc) is 3.58. The minimum absolute atomic E-state index is 0.0878. The molecule has 3 amide bonds. The summed E-state index contributed by atoms with van der Waals surface area (Å²) < 4.78 is 10.6. The number of imide groups is 1. The predicted molar refractivity (Wildman–Crippen MR) is 128 cm³/mol. The van der Waals surface area contributed by atoms with E-state index in [1.165, 1.54) is 11.3 Å². The summed E-state index contributed by atoms with van der Waals surface area (Å²) in [4.78, 5) is 45.2. The van der Waals surface area contributed by atoms with Crippen LogP contribution in [0.1, 0.15) is 20.9 Å². The van der Waals surface area contributed by atoms with Crippen LogP contribution in [-0.4, -0.2) is 46.8 Å². The number of nitrogens with one attached hydrogen (secondary N) is 1. The molecule has 168 valence electrons. The lowest BCUT2D eigenvalue weighted by atomic mass is 10.2. The Morgan fingerprint density at radius 3 is 2.91 bits per heavy atom. The molecule has 0 saturated carbocycles. The van der Waals surface area contributed by atoms with Crippen LogP contribution in [0.5, 0.6) is 11.5 Å². The maximum atomic E-state index is 12.7. The number of thioether (sulfide) groups is 1. The molecule has 5 rings (SSSR count). The topological polar surface area (TPSA) is 97.8 Å². The van der Waals surface area contributed by atoms with Crippen LogP contribution in [-0.2, 0) is 4.79 Å². The van der Waals surface area contributed by atoms with Gasteiger partial charge in [-0.2, -0.15) is 0 Å². The van der Waals surface area contributed by atoms with Crippen molar-refractivity contribution in [3.8, 4) is 21.4 Å². The Hall–Kier alpha value is -3.15. The summed E-state index contributed by atoms with van der Waals surface area (Å²) in [5, 5.41) is 5.18. The Bertz CT molecular complexity index is 1280. The third-order valence-corrected chi connectivity index (χ3v) is 8.03. The van der Waals surface area contributed by atoms with E-state index in [4.69, 9.17) is 9.47 Å². The first kappa shape index (κ1) is 21.7. The molecule has 1 saturated heterocycles. The zero-order chi connectivity index (χ0) is 22.9. The highest BCUT2D eigenvalue weighted by Crippen LogP contribution is 2.36. The van der Waals surface area contributed by atoms with Crippen molar-refractivity contribution in [2.24, 2.45) is 0 Å². The van der Waals surface area contributed by atoms with Crippen LogP contribution < -0.4 is 14.8 Å². The number of aryl methyl sites for hydroxylation is 1. The van der Waals surface area contributed by atoms with Crippen LogP contribution >= 0.6 is 34.4 Å². The van der Waals surface area contributed by atoms with E-state index in [0.717, 1.165) is 32.1 Å². The number of fused-ring (bicyclic) bond motifs is 1. The zero-order valence-corrected chi connectivity index (χ0v) is 19.8. The van der Waals surface area contributed by atoms with Gasteiger partial charge in [-0.25, -0.2) is 4.98 Å². The Labute approximate surface area is 201 Å². The number of nitrogens with zero attached hydrogens (tertiary/aromatic N) is 2. The molecule has 8 nitrogen and oxygen atoms in total. The fourth-order valence-corrected chi connectivity index (χ4v) is 5.97. The molecule has 2 aliphatic rings. The molecule has 1 N–H and O–H groups in total. The van der Waals surface area contributed by atoms with Gasteiger partial charge in [-0.3, -0.25) is 19.3 Å². The lowest BCUT2D eigenvalue weighted by molar-refractivity contribution is -0.122. The van der Waals surface area contributed by atoms with Crippen LogP contribution in [0.2, 0.25) is 0 Å². The summed E-state index contributed by atoms with van der Waals surface area (Å²) in [5.74, 6) is 0.600. The van der Waals surface area contributed by atoms with E-state index in [2.05, 4.69) is 10.3 Å². The first-order chi connectivity index (χ1) is 16.0. The molecule has 1 aromatic carbocycles. The molecule has 4 heterocycles. The van der Waals surface area contributed by atoms with Gasteiger partial charge < -0.3 is 14.8 Å². The number of benzene rings is 1. The third-order valence-electron chi connectivity index (χ3n) is 4.92. The van der Waals surface area contributed by atoms with Crippen molar-refractivity contribution in [3.63, 3.8) is 0 Å². The van der Waals surface area contributed by atoms with Crippen molar-refractivity contribution in [1.29, 1.82) is 0 Å². The number of aromatic nitrogens is 1. The van der Waals surface area contributed by atoms with Gasteiger partial charge in [0.1, 0.15) is 9.88 Å². The van der Waals surface area contributed by atoms with Crippen molar-refractivity contribution in [1.82, 2.24) is 15.2 Å². The van der Waals surface area contributed by atoms with Gasteiger partial charge in [0.05, 0.1) is 15.5 Å². The predicted octanol–water partition coefficient (Wildman–Crippen LogP) is 4.38. The SMILES string of the molecule is Cc1nc(-c2cccs2)sc1C(=O)NCCN1C(=O)S/C(=C\c2ccc3c(c2)OCO3)C1=O. The van der Waals surface area contributed by atoms with Crippen molar-refractivity contribution in [2.75, 3.05) is 19.9 Å². The number of rotatable bonds is 6. The average molecular weight is 500 g/mol. The molecule has 2 aromatic heterocycles. The normalized spacial score (nSPS) is 16.2. The number of thiazole rings is 1. The number of carbonyl (C=O) groups is 3. The second-order valence-electron chi connectivity index (χ2n) is 7.11. The number of carbonyl (C=O) groups excluding carboxylic acids is 3. The maximum Gasteiger partial charge on any atom is 0.293 e. The summed E-state index contributed by atoms with van der Waals surface area (Å²) in [6.45, 7) is 2.20. The Morgan fingerprint density at radius 1 is 1.24 bits per heavy atom. The Morgan fingerprint density at radius 2 is 2.09 bits per heavy atom. The smallest absolute Gasteiger partial charge is 0.293 e. The highest BCUT2D eigenvalue weighted by Gasteiger charge is 2.34. The number of ether oxygens (including phenoxy) is 2. The lowest BCUT2D eigenvalue weighted by Gasteiger charge is -2.12. The molecular weight excluding hydrogens is 482 g/mol. The fraction of sp³-hybridized carbons (Fsp3) is 0.182. The summed E-state index contributed by atoms with van der Waals surface area (Å²) in [7, 11) is 0. The molecule has 1 fully saturated rings. The Balaban J connectivity index is 1.20. The molecule has 0 bridgehead atoms. The van der Waals surface area contributed by atoms with Gasteiger partial charge in [0.25, 0.3) is 17.1 Å². The van der Waals surface area contributed by atoms with E-state index in [9.17, 15) is 14.4 Å². The van der Waals surface area contributed by atoms with Crippen LogP contribution in [0.15, 0.2) is 40.6 Å². The number of amides is 3. The van der Waals surface area contributed by atoms with Crippen molar-refractivity contribution in [3.05, 3.63) is 56.8 Å². The van der Waals surface area contributed by atoms with Gasteiger partial charge in [-0.05, 0) is 53.9 Å². The largest absolute Gasteiger partial charge is 0.454 e. The van der Waals surface area contributed by atoms with Crippen LogP contribution in [0.25, 0.3) is 16.0 Å². The molecule has 0 unspecified atom stereocenters. The highest BCUT2D eigenvalue weighted by molar-refractivity contribution is 8.18. The zero-order valence-electron chi connectivity index (χ0n) is 17.3. The van der Waals surface area contributed by atoms with Crippen molar-refractivity contribution < 1.29 is 23.9 Å². The standard InChI is InChI=1S/C22H17N3O5S3/c1-12-18(33-20(24-12)16-3-2-8-31-16)19(26)23-6-7-25-21(27)17(32-22(25)28)10-13-4-5-14-15(9-13)30-11-29-14/h2-5,8-10H,6-7,11H2,1H3,(H,23,26)/b17-10-. The quantitative estimate of drug-likeness (QED) is 0.503. The molecule has 11 heteroatoms. The molecule has 0 aliphatic carbocycles. The summed E-state index contributed by atoms with van der Waals surface area (Å²) in [6.07, 6.45) is 1.65. The van der Waals surface area contributed by atoms with Crippen LogP contribution in [0, 0.1) is 6.92 Å². The number of hydrogen-bond acceptors (Lipinski definition) is 9. The second-order valence-corrected chi connectivity index (χ2v) is 10.1.